The van der Waals surface area contributed by atoms with Crippen LogP contribution in [0.2, 0.25) is 0 Å². The van der Waals surface area contributed by atoms with Crippen molar-refractivity contribution in [1.29, 1.82) is 0 Å². The predicted octanol–water partition coefficient (Wildman–Crippen LogP) is 2.06. The minimum atomic E-state index is -1.27. The summed E-state index contributed by atoms with van der Waals surface area (Å²) in [5, 5.41) is 0. The van der Waals surface area contributed by atoms with Gasteiger partial charge in [0.25, 0.3) is 0 Å². The van der Waals surface area contributed by atoms with Crippen LogP contribution in [-0.2, 0) is 14.2 Å². The molecule has 2 rings (SSSR count). The van der Waals surface area contributed by atoms with E-state index in [1.54, 1.807) is 7.11 Å². The van der Waals surface area contributed by atoms with Crippen molar-refractivity contribution in [3.05, 3.63) is 0 Å². The molecule has 0 aromatic rings. The van der Waals surface area contributed by atoms with Crippen LogP contribution < -0.4 is 5.73 Å². The summed E-state index contributed by atoms with van der Waals surface area (Å²) in [6.07, 6.45) is 4.49. The molecule has 20 heavy (non-hydrogen) atoms. The molecule has 2 aliphatic rings. The van der Waals surface area contributed by atoms with Crippen molar-refractivity contribution in [2.45, 2.75) is 49.8 Å². The summed E-state index contributed by atoms with van der Waals surface area (Å²) in [5.41, 5.74) is 4.10. The van der Waals surface area contributed by atoms with E-state index < -0.39 is 5.67 Å². The van der Waals surface area contributed by atoms with Gasteiger partial charge in [0.05, 0.1) is 12.2 Å². The van der Waals surface area contributed by atoms with Crippen molar-refractivity contribution in [2.24, 2.45) is 11.7 Å². The molecule has 2 N–H and O–H groups in total. The number of methoxy groups -OCH3 is 1. The Bertz CT molecular complexity index is 291. The number of nitrogens with two attached hydrogens (primary N) is 1. The number of alkyl halides is 1. The van der Waals surface area contributed by atoms with Crippen LogP contribution in [0.5, 0.6) is 0 Å². The van der Waals surface area contributed by atoms with Crippen LogP contribution in [0.15, 0.2) is 0 Å². The van der Waals surface area contributed by atoms with Crippen LogP contribution in [0, 0.1) is 5.92 Å². The van der Waals surface area contributed by atoms with Crippen LogP contribution >= 0.6 is 0 Å². The molecule has 0 aromatic carbocycles. The molecule has 4 nitrogen and oxygen atoms in total. The van der Waals surface area contributed by atoms with Crippen molar-refractivity contribution in [1.82, 2.24) is 0 Å². The van der Waals surface area contributed by atoms with Crippen LogP contribution in [0.3, 0.4) is 0 Å². The van der Waals surface area contributed by atoms with Gasteiger partial charge in [0, 0.05) is 32.8 Å². The van der Waals surface area contributed by atoms with Gasteiger partial charge in [0.1, 0.15) is 5.67 Å². The summed E-state index contributed by atoms with van der Waals surface area (Å²) in [7, 11) is 1.57. The highest BCUT2D eigenvalue weighted by Crippen LogP contribution is 2.44. The van der Waals surface area contributed by atoms with Gasteiger partial charge in [-0.25, -0.2) is 4.39 Å². The van der Waals surface area contributed by atoms with E-state index in [4.69, 9.17) is 19.9 Å². The molecule has 2 unspecified atom stereocenters. The van der Waals surface area contributed by atoms with Gasteiger partial charge in [0.2, 0.25) is 0 Å². The topological polar surface area (TPSA) is 53.7 Å². The van der Waals surface area contributed by atoms with Crippen molar-refractivity contribution in [3.8, 4) is 0 Å². The second-order valence-electron chi connectivity index (χ2n) is 6.19. The van der Waals surface area contributed by atoms with E-state index in [-0.39, 0.29) is 18.1 Å². The van der Waals surface area contributed by atoms with Gasteiger partial charge in [-0.15, -0.1) is 0 Å². The first-order valence-electron chi connectivity index (χ1n) is 7.74. The van der Waals surface area contributed by atoms with E-state index in [0.29, 0.717) is 26.0 Å². The second-order valence-corrected chi connectivity index (χ2v) is 6.19. The van der Waals surface area contributed by atoms with Crippen LogP contribution in [0.25, 0.3) is 0 Å². The highest BCUT2D eigenvalue weighted by atomic mass is 19.1. The van der Waals surface area contributed by atoms with Gasteiger partial charge in [-0.2, -0.15) is 0 Å². The first-order chi connectivity index (χ1) is 9.64. The van der Waals surface area contributed by atoms with Crippen LogP contribution in [0.1, 0.15) is 38.5 Å². The third-order valence-electron chi connectivity index (χ3n) is 4.81. The van der Waals surface area contributed by atoms with Gasteiger partial charge in [-0.1, -0.05) is 0 Å². The number of hydrogen-bond acceptors (Lipinski definition) is 4. The summed E-state index contributed by atoms with van der Waals surface area (Å²) in [5.74, 6) is 0.000787. The van der Waals surface area contributed by atoms with E-state index in [1.165, 1.54) is 0 Å². The first-order valence-corrected chi connectivity index (χ1v) is 7.74. The monoisotopic (exact) mass is 289 g/mol. The Balaban J connectivity index is 2.03. The number of ether oxygens (including phenoxy) is 3. The molecule has 2 heterocycles. The summed E-state index contributed by atoms with van der Waals surface area (Å²) in [4.78, 5) is 0. The molecule has 2 fully saturated rings. The van der Waals surface area contributed by atoms with Crippen molar-refractivity contribution >= 4 is 0 Å². The van der Waals surface area contributed by atoms with Crippen molar-refractivity contribution in [3.63, 3.8) is 0 Å². The van der Waals surface area contributed by atoms with Crippen molar-refractivity contribution in [2.75, 3.05) is 40.1 Å². The van der Waals surface area contributed by atoms with Gasteiger partial charge < -0.3 is 19.9 Å². The smallest absolute Gasteiger partial charge is 0.137 e. The van der Waals surface area contributed by atoms with Crippen LogP contribution in [-0.4, -0.2) is 51.4 Å². The average Bonchev–Trinajstić information content (AvgIpc) is 2.46. The molecule has 0 saturated carbocycles. The minimum absolute atomic E-state index is 0.000787. The summed E-state index contributed by atoms with van der Waals surface area (Å²) < 4.78 is 31.9. The fraction of sp³-hybridized carbons (Fsp3) is 1.00. The Morgan fingerprint density at radius 2 is 2.10 bits per heavy atom. The maximum Gasteiger partial charge on any atom is 0.137 e. The fourth-order valence-electron chi connectivity index (χ4n) is 3.59. The average molecular weight is 289 g/mol. The Morgan fingerprint density at radius 1 is 1.35 bits per heavy atom. The van der Waals surface area contributed by atoms with Crippen LogP contribution in [0.4, 0.5) is 4.39 Å². The zero-order chi connectivity index (χ0) is 14.5. The molecule has 0 amide bonds. The number of rotatable bonds is 6. The highest BCUT2D eigenvalue weighted by molar-refractivity contribution is 4.97. The van der Waals surface area contributed by atoms with Gasteiger partial charge >= 0.3 is 0 Å². The lowest BCUT2D eigenvalue weighted by Gasteiger charge is -2.47. The SMILES string of the molecule is COCC(F)(CCCN)C1CCOC2(CCOCC2)C1. The van der Waals surface area contributed by atoms with Gasteiger partial charge in [0.15, 0.2) is 0 Å². The van der Waals surface area contributed by atoms with Crippen molar-refractivity contribution < 1.29 is 18.6 Å². The van der Waals surface area contributed by atoms with E-state index in [9.17, 15) is 0 Å². The first kappa shape index (κ1) is 16.1. The third-order valence-corrected chi connectivity index (χ3v) is 4.81. The summed E-state index contributed by atoms with van der Waals surface area (Å²) >= 11 is 0. The van der Waals surface area contributed by atoms with E-state index >= 15 is 4.39 Å². The second kappa shape index (κ2) is 7.16. The predicted molar refractivity (Wildman–Crippen MR) is 75.5 cm³/mol. The number of halogens is 1. The molecule has 2 aliphatic heterocycles. The Kier molecular flexibility index (Phi) is 5.78. The molecule has 118 valence electrons. The Morgan fingerprint density at radius 3 is 2.75 bits per heavy atom. The maximum absolute atomic E-state index is 15.3. The molecule has 5 heteroatoms. The lowest BCUT2D eigenvalue weighted by Crippen LogP contribution is -2.50. The molecule has 2 saturated heterocycles. The molecule has 0 aromatic heterocycles. The standard InChI is InChI=1S/C15H28FNO3/c1-18-12-15(16,4-2-7-17)13-3-8-20-14(11-13)5-9-19-10-6-14/h13H,2-12,17H2,1H3. The van der Waals surface area contributed by atoms with Gasteiger partial charge in [-0.3, -0.25) is 0 Å². The molecule has 2 atom stereocenters. The molecule has 0 radical (unpaired) electrons. The Labute approximate surface area is 121 Å². The van der Waals surface area contributed by atoms with Gasteiger partial charge in [-0.05, 0) is 45.1 Å². The molecular formula is C15H28FNO3. The zero-order valence-corrected chi connectivity index (χ0v) is 12.5. The summed E-state index contributed by atoms with van der Waals surface area (Å²) in [6, 6.07) is 0. The summed E-state index contributed by atoms with van der Waals surface area (Å²) in [6.45, 7) is 2.77. The van der Waals surface area contributed by atoms with E-state index in [0.717, 1.165) is 38.9 Å². The lowest BCUT2D eigenvalue weighted by molar-refractivity contribution is -0.170. The van der Waals surface area contributed by atoms with E-state index in [2.05, 4.69) is 0 Å². The molecule has 1 spiro atoms. The normalized spacial score (nSPS) is 29.2. The third kappa shape index (κ3) is 3.70. The quantitative estimate of drug-likeness (QED) is 0.813. The Hall–Kier alpha value is -0.230. The largest absolute Gasteiger partial charge is 0.381 e. The fourth-order valence-corrected chi connectivity index (χ4v) is 3.59. The highest BCUT2D eigenvalue weighted by Gasteiger charge is 2.47. The molecule has 0 bridgehead atoms. The number of hydrogen-bond donors (Lipinski definition) is 1. The van der Waals surface area contributed by atoms with E-state index in [1.807, 2.05) is 0 Å². The molecule has 0 aliphatic carbocycles. The maximum atomic E-state index is 15.3. The minimum Gasteiger partial charge on any atom is -0.381 e. The zero-order valence-electron chi connectivity index (χ0n) is 12.5. The lowest BCUT2D eigenvalue weighted by atomic mass is 9.72. The molecular weight excluding hydrogens is 261 g/mol.